The summed E-state index contributed by atoms with van der Waals surface area (Å²) in [4.78, 5) is 35.4. The Labute approximate surface area is 152 Å². The topological polar surface area (TPSA) is 118 Å². The SMILES string of the molecule is CCOC(=O)CNC(C(=O)OCC)/C(C)=N/NC(=O)Nc1ccccc1. The van der Waals surface area contributed by atoms with Crippen molar-refractivity contribution in [1.82, 2.24) is 10.7 Å². The highest BCUT2D eigenvalue weighted by molar-refractivity contribution is 6.05. The van der Waals surface area contributed by atoms with Crippen molar-refractivity contribution in [2.24, 2.45) is 5.10 Å². The van der Waals surface area contributed by atoms with Crippen LogP contribution < -0.4 is 16.1 Å². The number of amides is 2. The highest BCUT2D eigenvalue weighted by Crippen LogP contribution is 2.04. The molecule has 9 heteroatoms. The van der Waals surface area contributed by atoms with E-state index in [4.69, 9.17) is 9.47 Å². The van der Waals surface area contributed by atoms with Gasteiger partial charge in [-0.1, -0.05) is 18.2 Å². The lowest BCUT2D eigenvalue weighted by Crippen LogP contribution is -2.46. The van der Waals surface area contributed by atoms with E-state index in [-0.39, 0.29) is 25.5 Å². The van der Waals surface area contributed by atoms with Crippen LogP contribution in [0.2, 0.25) is 0 Å². The maximum Gasteiger partial charge on any atom is 0.339 e. The van der Waals surface area contributed by atoms with Crippen molar-refractivity contribution in [1.29, 1.82) is 0 Å². The molecule has 3 N–H and O–H groups in total. The van der Waals surface area contributed by atoms with Gasteiger partial charge >= 0.3 is 18.0 Å². The molecule has 1 aromatic rings. The number of carbonyl (C=O) groups excluding carboxylic acids is 3. The number of benzene rings is 1. The van der Waals surface area contributed by atoms with Gasteiger partial charge in [-0.3, -0.25) is 10.1 Å². The van der Waals surface area contributed by atoms with Gasteiger partial charge in [0, 0.05) is 5.69 Å². The maximum absolute atomic E-state index is 12.0. The monoisotopic (exact) mass is 364 g/mol. The van der Waals surface area contributed by atoms with E-state index in [9.17, 15) is 14.4 Å². The first-order valence-corrected chi connectivity index (χ1v) is 8.19. The Kier molecular flexibility index (Phi) is 9.40. The van der Waals surface area contributed by atoms with Crippen molar-refractivity contribution in [3.05, 3.63) is 30.3 Å². The van der Waals surface area contributed by atoms with E-state index in [1.807, 2.05) is 6.07 Å². The first-order chi connectivity index (χ1) is 12.5. The number of nitrogens with zero attached hydrogens (tertiary/aromatic N) is 1. The fraction of sp³-hybridized carbons (Fsp3) is 0.412. The average Bonchev–Trinajstić information content (AvgIpc) is 2.61. The first kappa shape index (κ1) is 21.1. The third-order valence-electron chi connectivity index (χ3n) is 3.06. The standard InChI is InChI=1S/C17H24N4O5/c1-4-25-14(22)11-18-15(16(23)26-5-2)12(3)20-21-17(24)19-13-9-7-6-8-10-13/h6-10,15,18H,4-5,11H2,1-3H3,(H2,19,21,24)/b20-12+. The van der Waals surface area contributed by atoms with Crippen LogP contribution in [0.4, 0.5) is 10.5 Å². The van der Waals surface area contributed by atoms with E-state index >= 15 is 0 Å². The van der Waals surface area contributed by atoms with Crippen molar-refractivity contribution in [2.75, 3.05) is 25.1 Å². The zero-order valence-electron chi connectivity index (χ0n) is 15.1. The summed E-state index contributed by atoms with van der Waals surface area (Å²) in [7, 11) is 0. The van der Waals surface area contributed by atoms with Crippen molar-refractivity contribution in [3.63, 3.8) is 0 Å². The molecule has 0 saturated heterocycles. The minimum absolute atomic E-state index is 0.172. The summed E-state index contributed by atoms with van der Waals surface area (Å²) in [5, 5.41) is 9.19. The second-order valence-corrected chi connectivity index (χ2v) is 5.06. The van der Waals surface area contributed by atoms with Crippen LogP contribution in [0.25, 0.3) is 0 Å². The fourth-order valence-electron chi connectivity index (χ4n) is 1.91. The number of esters is 2. The summed E-state index contributed by atoms with van der Waals surface area (Å²) < 4.78 is 9.76. The number of anilines is 1. The summed E-state index contributed by atoms with van der Waals surface area (Å²) in [5.74, 6) is -1.12. The van der Waals surface area contributed by atoms with Gasteiger partial charge in [0.25, 0.3) is 0 Å². The summed E-state index contributed by atoms with van der Waals surface area (Å²) in [6.45, 7) is 5.09. The molecule has 0 heterocycles. The van der Waals surface area contributed by atoms with Crippen LogP contribution in [0.5, 0.6) is 0 Å². The molecular weight excluding hydrogens is 340 g/mol. The predicted octanol–water partition coefficient (Wildman–Crippen LogP) is 1.27. The fourth-order valence-corrected chi connectivity index (χ4v) is 1.91. The third kappa shape index (κ3) is 7.75. The van der Waals surface area contributed by atoms with Gasteiger partial charge in [-0.15, -0.1) is 0 Å². The van der Waals surface area contributed by atoms with Gasteiger partial charge in [-0.25, -0.2) is 15.0 Å². The molecule has 1 unspecified atom stereocenters. The molecule has 0 aliphatic carbocycles. The van der Waals surface area contributed by atoms with Gasteiger partial charge in [0.05, 0.1) is 25.5 Å². The molecule has 0 aromatic heterocycles. The number of ether oxygens (including phenoxy) is 2. The first-order valence-electron chi connectivity index (χ1n) is 8.19. The summed E-state index contributed by atoms with van der Waals surface area (Å²) in [6.07, 6.45) is 0. The van der Waals surface area contributed by atoms with E-state index in [2.05, 4.69) is 21.2 Å². The van der Waals surface area contributed by atoms with Crippen LogP contribution in [-0.4, -0.2) is 49.5 Å². The lowest BCUT2D eigenvalue weighted by atomic mass is 10.2. The van der Waals surface area contributed by atoms with E-state index in [0.29, 0.717) is 5.69 Å². The molecule has 1 rings (SSSR count). The highest BCUT2D eigenvalue weighted by atomic mass is 16.5. The second kappa shape index (κ2) is 11.6. The summed E-state index contributed by atoms with van der Waals surface area (Å²) in [5.41, 5.74) is 3.12. The Morgan fingerprint density at radius 2 is 1.73 bits per heavy atom. The lowest BCUT2D eigenvalue weighted by molar-refractivity contribution is -0.144. The number of para-hydroxylation sites is 1. The van der Waals surface area contributed by atoms with E-state index in [1.54, 1.807) is 38.1 Å². The van der Waals surface area contributed by atoms with Crippen LogP contribution in [0, 0.1) is 0 Å². The van der Waals surface area contributed by atoms with Crippen LogP contribution in [-0.2, 0) is 19.1 Å². The van der Waals surface area contributed by atoms with Gasteiger partial charge in [-0.2, -0.15) is 5.10 Å². The Morgan fingerprint density at radius 3 is 2.35 bits per heavy atom. The Balaban J connectivity index is 2.68. The predicted molar refractivity (Wildman–Crippen MR) is 96.8 cm³/mol. The minimum atomic E-state index is -0.989. The molecule has 142 valence electrons. The number of rotatable bonds is 9. The van der Waals surface area contributed by atoms with Crippen molar-refractivity contribution >= 4 is 29.4 Å². The smallest absolute Gasteiger partial charge is 0.339 e. The van der Waals surface area contributed by atoms with Crippen LogP contribution in [0.3, 0.4) is 0 Å². The van der Waals surface area contributed by atoms with Gasteiger partial charge in [0.15, 0.2) is 0 Å². The van der Waals surface area contributed by atoms with Crippen LogP contribution in [0.15, 0.2) is 35.4 Å². The normalized spacial score (nSPS) is 12.0. The highest BCUT2D eigenvalue weighted by Gasteiger charge is 2.24. The average molecular weight is 364 g/mol. The van der Waals surface area contributed by atoms with Crippen molar-refractivity contribution < 1.29 is 23.9 Å². The number of hydrazone groups is 1. The van der Waals surface area contributed by atoms with Gasteiger partial charge in [0.2, 0.25) is 0 Å². The molecule has 0 aliphatic heterocycles. The number of hydrogen-bond donors (Lipinski definition) is 3. The van der Waals surface area contributed by atoms with Gasteiger partial charge < -0.3 is 14.8 Å². The molecule has 0 fully saturated rings. The maximum atomic E-state index is 12.0. The Morgan fingerprint density at radius 1 is 1.08 bits per heavy atom. The quantitative estimate of drug-likeness (QED) is 0.345. The van der Waals surface area contributed by atoms with Crippen LogP contribution in [0.1, 0.15) is 20.8 Å². The number of hydrogen-bond acceptors (Lipinski definition) is 7. The van der Waals surface area contributed by atoms with Crippen molar-refractivity contribution in [3.8, 4) is 0 Å². The van der Waals surface area contributed by atoms with E-state index in [1.165, 1.54) is 6.92 Å². The molecule has 9 nitrogen and oxygen atoms in total. The Hall–Kier alpha value is -2.94. The Bertz CT molecular complexity index is 633. The molecule has 1 atom stereocenters. The van der Waals surface area contributed by atoms with Gasteiger partial charge in [-0.05, 0) is 32.9 Å². The molecule has 2 amide bonds. The molecule has 26 heavy (non-hydrogen) atoms. The molecule has 1 aromatic carbocycles. The largest absolute Gasteiger partial charge is 0.465 e. The third-order valence-corrected chi connectivity index (χ3v) is 3.06. The zero-order valence-corrected chi connectivity index (χ0v) is 15.1. The van der Waals surface area contributed by atoms with E-state index in [0.717, 1.165) is 0 Å². The zero-order chi connectivity index (χ0) is 19.4. The van der Waals surface area contributed by atoms with Gasteiger partial charge in [0.1, 0.15) is 6.04 Å². The molecule has 0 aliphatic rings. The van der Waals surface area contributed by atoms with E-state index < -0.39 is 24.0 Å². The number of urea groups is 1. The molecule has 0 spiro atoms. The molecule has 0 bridgehead atoms. The molecule has 0 saturated carbocycles. The van der Waals surface area contributed by atoms with Crippen LogP contribution >= 0.6 is 0 Å². The van der Waals surface area contributed by atoms with Crippen molar-refractivity contribution in [2.45, 2.75) is 26.8 Å². The summed E-state index contributed by atoms with van der Waals surface area (Å²) in [6, 6.07) is 7.27. The summed E-state index contributed by atoms with van der Waals surface area (Å²) >= 11 is 0. The molecule has 0 radical (unpaired) electrons. The molecular formula is C17H24N4O5. The number of carbonyl (C=O) groups is 3. The minimum Gasteiger partial charge on any atom is -0.465 e. The number of nitrogens with one attached hydrogen (secondary N) is 3. The second-order valence-electron chi connectivity index (χ2n) is 5.06. The lowest BCUT2D eigenvalue weighted by Gasteiger charge is -2.16.